The Labute approximate surface area is 83.8 Å². The first kappa shape index (κ1) is 10.7. The molecule has 1 aromatic rings. The van der Waals surface area contributed by atoms with E-state index >= 15 is 0 Å². The van der Waals surface area contributed by atoms with E-state index in [9.17, 15) is 9.90 Å². The molecule has 0 aromatic heterocycles. The van der Waals surface area contributed by atoms with Crippen molar-refractivity contribution < 1.29 is 9.90 Å². The van der Waals surface area contributed by atoms with Gasteiger partial charge in [-0.25, -0.2) is 5.11 Å². The molecule has 0 atom stereocenters. The highest BCUT2D eigenvalue weighted by atomic mass is 16.3. The van der Waals surface area contributed by atoms with Gasteiger partial charge in [-0.3, -0.25) is 4.79 Å². The van der Waals surface area contributed by atoms with Gasteiger partial charge in [-0.1, -0.05) is 30.3 Å². The van der Waals surface area contributed by atoms with Gasteiger partial charge in [0.05, 0.1) is 6.61 Å². The van der Waals surface area contributed by atoms with Crippen LogP contribution in [0.2, 0.25) is 0 Å². The van der Waals surface area contributed by atoms with Crippen molar-refractivity contribution in [3.05, 3.63) is 35.9 Å². The van der Waals surface area contributed by atoms with Crippen molar-refractivity contribution in [2.75, 3.05) is 13.2 Å². The maximum atomic E-state index is 11.1. The van der Waals surface area contributed by atoms with Gasteiger partial charge in [0, 0.05) is 13.0 Å². The lowest BCUT2D eigenvalue weighted by Crippen LogP contribution is -2.26. The molecule has 0 saturated heterocycles. The Balaban J connectivity index is 2.24. The summed E-state index contributed by atoms with van der Waals surface area (Å²) < 4.78 is 0. The molecule has 0 fully saturated rings. The first-order chi connectivity index (χ1) is 6.83. The maximum Gasteiger partial charge on any atom is 0.220 e. The molecule has 1 aromatic carbocycles. The molecule has 14 heavy (non-hydrogen) atoms. The van der Waals surface area contributed by atoms with E-state index in [1.165, 1.54) is 0 Å². The monoisotopic (exact) mass is 192 g/mol. The van der Waals surface area contributed by atoms with Gasteiger partial charge in [0.1, 0.15) is 0 Å². The van der Waals surface area contributed by atoms with Crippen LogP contribution in [0.4, 0.5) is 0 Å². The Bertz CT molecular complexity index is 272. The number of hydrogen-bond donors (Lipinski definition) is 1. The van der Waals surface area contributed by atoms with Gasteiger partial charge in [-0.05, 0) is 12.0 Å². The van der Waals surface area contributed by atoms with Crippen molar-refractivity contribution in [2.24, 2.45) is 0 Å². The summed E-state index contributed by atoms with van der Waals surface area (Å²) in [5.74, 6) is -0.0512. The molecular formula is C11H14NO2. The van der Waals surface area contributed by atoms with E-state index < -0.39 is 0 Å². The zero-order valence-corrected chi connectivity index (χ0v) is 8.03. The van der Waals surface area contributed by atoms with E-state index in [1.807, 2.05) is 30.3 Å². The second-order valence-electron chi connectivity index (χ2n) is 3.04. The lowest BCUT2D eigenvalue weighted by Gasteiger charge is -2.02. The third-order valence-electron chi connectivity index (χ3n) is 1.91. The Hall–Kier alpha value is -1.35. The van der Waals surface area contributed by atoms with Crippen LogP contribution >= 0.6 is 0 Å². The molecule has 1 amide bonds. The largest absolute Gasteiger partial charge is 0.354 e. The fourth-order valence-electron chi connectivity index (χ4n) is 1.18. The molecule has 3 heteroatoms. The normalized spacial score (nSPS) is 9.79. The minimum Gasteiger partial charge on any atom is -0.354 e. The lowest BCUT2D eigenvalue weighted by atomic mass is 10.1. The third-order valence-corrected chi connectivity index (χ3v) is 1.91. The van der Waals surface area contributed by atoms with E-state index in [4.69, 9.17) is 0 Å². The number of aryl methyl sites for hydroxylation is 1. The molecule has 0 aliphatic heterocycles. The van der Waals surface area contributed by atoms with Crippen molar-refractivity contribution in [1.29, 1.82) is 0 Å². The van der Waals surface area contributed by atoms with Gasteiger partial charge in [0.15, 0.2) is 0 Å². The fraction of sp³-hybridized carbons (Fsp3) is 0.364. The number of carbonyl (C=O) groups is 1. The van der Waals surface area contributed by atoms with Crippen LogP contribution in [0.5, 0.6) is 0 Å². The van der Waals surface area contributed by atoms with Crippen LogP contribution in [-0.4, -0.2) is 19.1 Å². The fourth-order valence-corrected chi connectivity index (χ4v) is 1.18. The van der Waals surface area contributed by atoms with Crippen LogP contribution < -0.4 is 5.32 Å². The van der Waals surface area contributed by atoms with Crippen molar-refractivity contribution in [2.45, 2.75) is 12.8 Å². The zero-order valence-electron chi connectivity index (χ0n) is 8.03. The van der Waals surface area contributed by atoms with Crippen LogP contribution in [0.25, 0.3) is 0 Å². The van der Waals surface area contributed by atoms with E-state index in [0.29, 0.717) is 6.42 Å². The maximum absolute atomic E-state index is 11.1. The van der Waals surface area contributed by atoms with E-state index in [2.05, 4.69) is 5.32 Å². The van der Waals surface area contributed by atoms with Crippen LogP contribution in [0.3, 0.4) is 0 Å². The zero-order chi connectivity index (χ0) is 10.2. The molecule has 0 spiro atoms. The summed E-state index contributed by atoms with van der Waals surface area (Å²) in [5.41, 5.74) is 1.14. The summed E-state index contributed by atoms with van der Waals surface area (Å²) in [5, 5.41) is 12.6. The molecular weight excluding hydrogens is 178 g/mol. The van der Waals surface area contributed by atoms with Gasteiger partial charge in [-0.15, -0.1) is 0 Å². The molecule has 0 aliphatic rings. The quantitative estimate of drug-likeness (QED) is 0.747. The van der Waals surface area contributed by atoms with Crippen molar-refractivity contribution in [1.82, 2.24) is 5.32 Å². The number of carbonyl (C=O) groups excluding carboxylic acids is 1. The summed E-state index contributed by atoms with van der Waals surface area (Å²) in [4.78, 5) is 11.1. The number of hydrogen-bond acceptors (Lipinski definition) is 1. The topological polar surface area (TPSA) is 49.0 Å². The van der Waals surface area contributed by atoms with Crippen molar-refractivity contribution in [3.63, 3.8) is 0 Å². The molecule has 75 valence electrons. The van der Waals surface area contributed by atoms with E-state index in [1.54, 1.807) is 0 Å². The number of amides is 1. The molecule has 1 radical (unpaired) electrons. The molecule has 0 aliphatic carbocycles. The minimum absolute atomic E-state index is 0.0512. The number of nitrogens with one attached hydrogen (secondary N) is 1. The SMILES string of the molecule is [O]CCNC(=O)CCc1ccccc1. The molecule has 1 rings (SSSR count). The highest BCUT2D eigenvalue weighted by Crippen LogP contribution is 2.01. The van der Waals surface area contributed by atoms with Gasteiger partial charge >= 0.3 is 0 Å². The Morgan fingerprint density at radius 2 is 1.93 bits per heavy atom. The highest BCUT2D eigenvalue weighted by molar-refractivity contribution is 5.76. The van der Waals surface area contributed by atoms with Crippen LogP contribution in [-0.2, 0) is 16.3 Å². The van der Waals surface area contributed by atoms with Crippen molar-refractivity contribution >= 4 is 5.91 Å². The molecule has 0 heterocycles. The van der Waals surface area contributed by atoms with Crippen molar-refractivity contribution in [3.8, 4) is 0 Å². The van der Waals surface area contributed by atoms with Gasteiger partial charge < -0.3 is 5.32 Å². The average Bonchev–Trinajstić information content (AvgIpc) is 2.25. The van der Waals surface area contributed by atoms with Crippen LogP contribution in [0, 0.1) is 0 Å². The summed E-state index contributed by atoms with van der Waals surface area (Å²) in [6.07, 6.45) is 1.18. The molecule has 0 unspecified atom stereocenters. The Morgan fingerprint density at radius 3 is 2.57 bits per heavy atom. The van der Waals surface area contributed by atoms with Gasteiger partial charge in [-0.2, -0.15) is 0 Å². The average molecular weight is 192 g/mol. The smallest absolute Gasteiger partial charge is 0.220 e. The lowest BCUT2D eigenvalue weighted by molar-refractivity contribution is -0.121. The molecule has 1 N–H and O–H groups in total. The second-order valence-corrected chi connectivity index (χ2v) is 3.04. The Morgan fingerprint density at radius 1 is 1.21 bits per heavy atom. The highest BCUT2D eigenvalue weighted by Gasteiger charge is 2.00. The summed E-state index contributed by atoms with van der Waals surface area (Å²) in [7, 11) is 0. The molecule has 0 saturated carbocycles. The van der Waals surface area contributed by atoms with Crippen LogP contribution in [0.15, 0.2) is 30.3 Å². The first-order valence-electron chi connectivity index (χ1n) is 4.71. The Kier molecular flexibility index (Phi) is 4.72. The van der Waals surface area contributed by atoms with Gasteiger partial charge in [0.25, 0.3) is 0 Å². The predicted molar refractivity (Wildman–Crippen MR) is 53.3 cm³/mol. The van der Waals surface area contributed by atoms with E-state index in [0.717, 1.165) is 12.0 Å². The predicted octanol–water partition coefficient (Wildman–Crippen LogP) is 1.17. The second kappa shape index (κ2) is 6.16. The van der Waals surface area contributed by atoms with Gasteiger partial charge in [0.2, 0.25) is 5.91 Å². The summed E-state index contributed by atoms with van der Waals surface area (Å²) in [6, 6.07) is 9.82. The molecule has 0 bridgehead atoms. The summed E-state index contributed by atoms with van der Waals surface area (Å²) in [6.45, 7) is -0.0231. The van der Waals surface area contributed by atoms with Crippen LogP contribution in [0.1, 0.15) is 12.0 Å². The molecule has 3 nitrogen and oxygen atoms in total. The number of benzene rings is 1. The minimum atomic E-state index is -0.253. The standard InChI is InChI=1S/C11H14NO2/c13-9-8-12-11(14)7-6-10-4-2-1-3-5-10/h1-5H,6-9H2,(H,12,14). The number of rotatable bonds is 5. The third kappa shape index (κ3) is 4.05. The first-order valence-corrected chi connectivity index (χ1v) is 4.71. The van der Waals surface area contributed by atoms with E-state index in [-0.39, 0.29) is 19.1 Å². The summed E-state index contributed by atoms with van der Waals surface area (Å²) >= 11 is 0.